The molecule has 0 aliphatic heterocycles. The number of nitrogens with zero attached hydrogens (tertiary/aromatic N) is 2. The summed E-state index contributed by atoms with van der Waals surface area (Å²) in [6.45, 7) is 5.52. The predicted octanol–water partition coefficient (Wildman–Crippen LogP) is 1.72. The molecule has 0 aliphatic rings. The number of aromatic nitrogens is 1. The molecule has 4 heteroatoms. The van der Waals surface area contributed by atoms with Crippen molar-refractivity contribution in [1.29, 1.82) is 5.41 Å². The van der Waals surface area contributed by atoms with E-state index in [1.54, 1.807) is 18.9 Å². The molecular formula is C8H13N3O. The normalized spacial score (nSPS) is 10.0. The summed E-state index contributed by atoms with van der Waals surface area (Å²) in [5, 5.41) is 11.2. The number of amidine groups is 1. The fraction of sp³-hybridized carbons (Fsp3) is 0.500. The Labute approximate surface area is 71.7 Å². The van der Waals surface area contributed by atoms with Gasteiger partial charge in [-0.2, -0.15) is 0 Å². The van der Waals surface area contributed by atoms with Crippen LogP contribution in [0.3, 0.4) is 0 Å². The minimum Gasteiger partial charge on any atom is -0.338 e. The zero-order valence-corrected chi connectivity index (χ0v) is 7.80. The molecule has 0 fully saturated rings. The van der Waals surface area contributed by atoms with Gasteiger partial charge in [-0.15, -0.1) is 0 Å². The third kappa shape index (κ3) is 1.32. The quantitative estimate of drug-likeness (QED) is 0.512. The van der Waals surface area contributed by atoms with Crippen molar-refractivity contribution in [3.8, 4) is 0 Å². The number of aryl methyl sites for hydroxylation is 1. The Hall–Kier alpha value is -1.32. The van der Waals surface area contributed by atoms with Gasteiger partial charge in [0, 0.05) is 12.6 Å². The molecule has 0 aliphatic carbocycles. The van der Waals surface area contributed by atoms with Gasteiger partial charge >= 0.3 is 0 Å². The average Bonchev–Trinajstić information content (AvgIpc) is 2.32. The van der Waals surface area contributed by atoms with Crippen molar-refractivity contribution in [1.82, 2.24) is 5.16 Å². The Morgan fingerprint density at radius 3 is 2.42 bits per heavy atom. The van der Waals surface area contributed by atoms with Crippen LogP contribution in [0.2, 0.25) is 0 Å². The average molecular weight is 167 g/mol. The maximum atomic E-state index is 7.38. The minimum atomic E-state index is 0.439. The number of anilines is 1. The van der Waals surface area contributed by atoms with Crippen molar-refractivity contribution in [2.45, 2.75) is 20.8 Å². The lowest BCUT2D eigenvalue weighted by molar-refractivity contribution is 0.422. The van der Waals surface area contributed by atoms with E-state index in [-0.39, 0.29) is 0 Å². The highest BCUT2D eigenvalue weighted by atomic mass is 16.5. The van der Waals surface area contributed by atoms with Gasteiger partial charge in [0.2, 0.25) is 5.88 Å². The largest absolute Gasteiger partial charge is 0.338 e. The first kappa shape index (κ1) is 8.77. The Kier molecular flexibility index (Phi) is 2.17. The van der Waals surface area contributed by atoms with E-state index in [9.17, 15) is 0 Å². The van der Waals surface area contributed by atoms with Gasteiger partial charge in [0.05, 0.1) is 11.5 Å². The summed E-state index contributed by atoms with van der Waals surface area (Å²) in [5.74, 6) is 1.09. The van der Waals surface area contributed by atoms with E-state index in [1.807, 2.05) is 13.8 Å². The van der Waals surface area contributed by atoms with Gasteiger partial charge in [0.25, 0.3) is 0 Å². The topological polar surface area (TPSA) is 53.1 Å². The lowest BCUT2D eigenvalue weighted by Gasteiger charge is -2.13. The van der Waals surface area contributed by atoms with Gasteiger partial charge in [-0.3, -0.25) is 5.41 Å². The van der Waals surface area contributed by atoms with Crippen LogP contribution >= 0.6 is 0 Å². The third-order valence-corrected chi connectivity index (χ3v) is 1.94. The van der Waals surface area contributed by atoms with Crippen molar-refractivity contribution in [3.63, 3.8) is 0 Å². The molecule has 4 nitrogen and oxygen atoms in total. The molecule has 0 spiro atoms. The van der Waals surface area contributed by atoms with Gasteiger partial charge in [-0.25, -0.2) is 0 Å². The second-order valence-electron chi connectivity index (χ2n) is 2.84. The summed E-state index contributed by atoms with van der Waals surface area (Å²) in [5.41, 5.74) is 1.86. The Balaban J connectivity index is 3.03. The first-order valence-corrected chi connectivity index (χ1v) is 3.75. The predicted molar refractivity (Wildman–Crippen MR) is 47.8 cm³/mol. The maximum Gasteiger partial charge on any atom is 0.235 e. The first-order valence-electron chi connectivity index (χ1n) is 3.75. The summed E-state index contributed by atoms with van der Waals surface area (Å²) in [6.07, 6.45) is 0. The van der Waals surface area contributed by atoms with Gasteiger partial charge in [-0.05, 0) is 20.8 Å². The van der Waals surface area contributed by atoms with Gasteiger partial charge in [0.15, 0.2) is 0 Å². The van der Waals surface area contributed by atoms with E-state index >= 15 is 0 Å². The number of hydrogen-bond acceptors (Lipinski definition) is 3. The van der Waals surface area contributed by atoms with E-state index < -0.39 is 0 Å². The highest BCUT2D eigenvalue weighted by Crippen LogP contribution is 2.20. The summed E-state index contributed by atoms with van der Waals surface area (Å²) < 4.78 is 5.05. The lowest BCUT2D eigenvalue weighted by atomic mass is 10.3. The van der Waals surface area contributed by atoms with Crippen molar-refractivity contribution in [2.75, 3.05) is 11.9 Å². The zero-order chi connectivity index (χ0) is 9.30. The van der Waals surface area contributed by atoms with E-state index in [2.05, 4.69) is 5.16 Å². The van der Waals surface area contributed by atoms with Crippen LogP contribution in [0.1, 0.15) is 18.2 Å². The second-order valence-corrected chi connectivity index (χ2v) is 2.84. The molecule has 1 aromatic heterocycles. The zero-order valence-electron chi connectivity index (χ0n) is 7.80. The monoisotopic (exact) mass is 167 g/mol. The van der Waals surface area contributed by atoms with Crippen molar-refractivity contribution < 1.29 is 4.52 Å². The van der Waals surface area contributed by atoms with E-state index in [0.717, 1.165) is 11.3 Å². The molecular weight excluding hydrogens is 154 g/mol. The van der Waals surface area contributed by atoms with Crippen LogP contribution in [0.25, 0.3) is 0 Å². The molecule has 0 atom stereocenters. The molecule has 0 radical (unpaired) electrons. The lowest BCUT2D eigenvalue weighted by Crippen LogP contribution is -2.22. The highest BCUT2D eigenvalue weighted by molar-refractivity contribution is 5.92. The highest BCUT2D eigenvalue weighted by Gasteiger charge is 2.13. The SMILES string of the molecule is CC(=N)N(C)c1onc(C)c1C. The Bertz CT molecular complexity index is 303. The molecule has 0 unspecified atom stereocenters. The number of rotatable bonds is 1. The molecule has 1 rings (SSSR count). The maximum absolute atomic E-state index is 7.38. The summed E-state index contributed by atoms with van der Waals surface area (Å²) >= 11 is 0. The standard InChI is InChI=1S/C8H13N3O/c1-5-6(2)10-12-8(5)11(4)7(3)9/h9H,1-4H3. The van der Waals surface area contributed by atoms with Crippen LogP contribution < -0.4 is 4.90 Å². The molecule has 0 aromatic carbocycles. The second kappa shape index (κ2) is 2.97. The molecule has 1 aromatic rings. The first-order chi connectivity index (χ1) is 5.54. The summed E-state index contributed by atoms with van der Waals surface area (Å²) in [4.78, 5) is 1.66. The van der Waals surface area contributed by atoms with Crippen LogP contribution in [-0.2, 0) is 0 Å². The van der Waals surface area contributed by atoms with Gasteiger partial charge in [-0.1, -0.05) is 5.16 Å². The van der Waals surface area contributed by atoms with Crippen molar-refractivity contribution in [2.24, 2.45) is 0 Å². The summed E-state index contributed by atoms with van der Waals surface area (Å²) in [6, 6.07) is 0. The smallest absolute Gasteiger partial charge is 0.235 e. The molecule has 0 amide bonds. The van der Waals surface area contributed by atoms with Crippen LogP contribution in [0.15, 0.2) is 4.52 Å². The molecule has 1 heterocycles. The molecule has 0 bridgehead atoms. The number of hydrogen-bond donors (Lipinski definition) is 1. The van der Waals surface area contributed by atoms with Crippen LogP contribution in [0, 0.1) is 19.3 Å². The van der Waals surface area contributed by atoms with Crippen molar-refractivity contribution >= 4 is 11.7 Å². The third-order valence-electron chi connectivity index (χ3n) is 1.94. The fourth-order valence-corrected chi connectivity index (χ4v) is 0.868. The van der Waals surface area contributed by atoms with Crippen molar-refractivity contribution in [3.05, 3.63) is 11.3 Å². The van der Waals surface area contributed by atoms with Crippen LogP contribution in [-0.4, -0.2) is 18.0 Å². The van der Waals surface area contributed by atoms with E-state index in [4.69, 9.17) is 9.93 Å². The van der Waals surface area contributed by atoms with Gasteiger partial charge in [0.1, 0.15) is 0 Å². The summed E-state index contributed by atoms with van der Waals surface area (Å²) in [7, 11) is 1.79. The number of nitrogens with one attached hydrogen (secondary N) is 1. The van der Waals surface area contributed by atoms with Crippen LogP contribution in [0.4, 0.5) is 5.88 Å². The molecule has 0 saturated carbocycles. The van der Waals surface area contributed by atoms with Crippen LogP contribution in [0.5, 0.6) is 0 Å². The fourth-order valence-electron chi connectivity index (χ4n) is 0.868. The minimum absolute atomic E-state index is 0.439. The van der Waals surface area contributed by atoms with E-state index in [0.29, 0.717) is 11.7 Å². The molecule has 12 heavy (non-hydrogen) atoms. The van der Waals surface area contributed by atoms with Gasteiger partial charge < -0.3 is 9.42 Å². The Morgan fingerprint density at radius 2 is 2.08 bits per heavy atom. The van der Waals surface area contributed by atoms with E-state index in [1.165, 1.54) is 0 Å². The molecule has 66 valence electrons. The Morgan fingerprint density at radius 1 is 1.50 bits per heavy atom. The molecule has 1 N–H and O–H groups in total. The molecule has 0 saturated heterocycles.